The van der Waals surface area contributed by atoms with Crippen LogP contribution >= 0.6 is 0 Å². The average molecular weight is 260 g/mol. The molecule has 4 unspecified atom stereocenters. The number of imide groups is 1. The molecule has 4 heteroatoms. The van der Waals surface area contributed by atoms with Crippen LogP contribution in [-0.4, -0.2) is 35.8 Å². The highest BCUT2D eigenvalue weighted by atomic mass is 16.2. The van der Waals surface area contributed by atoms with Crippen LogP contribution in [0.25, 0.3) is 0 Å². The van der Waals surface area contributed by atoms with Crippen molar-refractivity contribution in [2.45, 2.75) is 31.7 Å². The maximum atomic E-state index is 12.4. The summed E-state index contributed by atoms with van der Waals surface area (Å²) in [7, 11) is 0. The van der Waals surface area contributed by atoms with Crippen molar-refractivity contribution in [1.29, 1.82) is 0 Å². The summed E-state index contributed by atoms with van der Waals surface area (Å²) in [6, 6.07) is 0.699. The molecular formula is C15H20N2O2. The van der Waals surface area contributed by atoms with Crippen molar-refractivity contribution in [3.8, 4) is 0 Å². The number of rotatable bonds is 5. The van der Waals surface area contributed by atoms with Gasteiger partial charge in [0.05, 0.1) is 11.8 Å². The van der Waals surface area contributed by atoms with Crippen molar-refractivity contribution < 1.29 is 9.59 Å². The van der Waals surface area contributed by atoms with E-state index in [-0.39, 0.29) is 23.7 Å². The van der Waals surface area contributed by atoms with Crippen LogP contribution in [0.5, 0.6) is 0 Å². The molecule has 4 atom stereocenters. The van der Waals surface area contributed by atoms with Gasteiger partial charge < -0.3 is 5.32 Å². The number of carbonyl (C=O) groups excluding carboxylic acids is 2. The first kappa shape index (κ1) is 11.6. The van der Waals surface area contributed by atoms with Crippen molar-refractivity contribution >= 4 is 11.8 Å². The third kappa shape index (κ3) is 1.76. The molecule has 1 aliphatic heterocycles. The van der Waals surface area contributed by atoms with E-state index in [9.17, 15) is 9.59 Å². The molecular weight excluding hydrogens is 240 g/mol. The molecule has 1 heterocycles. The number of amides is 2. The Morgan fingerprint density at radius 3 is 2.32 bits per heavy atom. The lowest BCUT2D eigenvalue weighted by Gasteiger charge is -2.17. The largest absolute Gasteiger partial charge is 0.314 e. The first-order valence-electron chi connectivity index (χ1n) is 7.52. The molecule has 0 spiro atoms. The molecule has 19 heavy (non-hydrogen) atoms. The van der Waals surface area contributed by atoms with Gasteiger partial charge in [-0.25, -0.2) is 0 Å². The number of allylic oxidation sites excluding steroid dienone is 2. The molecule has 0 aromatic heterocycles. The summed E-state index contributed by atoms with van der Waals surface area (Å²) in [6.07, 6.45) is 8.76. The second kappa shape index (κ2) is 4.17. The van der Waals surface area contributed by atoms with Crippen LogP contribution in [0.3, 0.4) is 0 Å². The molecule has 1 N–H and O–H groups in total. The van der Waals surface area contributed by atoms with Crippen molar-refractivity contribution in [1.82, 2.24) is 10.2 Å². The number of likely N-dealkylation sites (tertiary alicyclic amines) is 1. The summed E-state index contributed by atoms with van der Waals surface area (Å²) in [6.45, 7) is 1.52. The van der Waals surface area contributed by atoms with Crippen molar-refractivity contribution in [2.24, 2.45) is 23.7 Å². The molecule has 0 radical (unpaired) electrons. The fourth-order valence-electron chi connectivity index (χ4n) is 4.02. The Labute approximate surface area is 113 Å². The summed E-state index contributed by atoms with van der Waals surface area (Å²) in [4.78, 5) is 26.3. The van der Waals surface area contributed by atoms with E-state index in [1.165, 1.54) is 17.7 Å². The third-order valence-electron chi connectivity index (χ3n) is 5.13. The van der Waals surface area contributed by atoms with Crippen LogP contribution in [0.1, 0.15) is 25.7 Å². The summed E-state index contributed by atoms with van der Waals surface area (Å²) in [5.74, 6) is 0.802. The standard InChI is InChI=1S/C15H20N2O2/c18-14-12-9-2-3-10(8-9)13(12)15(19)17(14)7-1-6-16-11-4-5-11/h2-3,9-13,16H,1,4-8H2. The zero-order valence-corrected chi connectivity index (χ0v) is 11.0. The summed E-state index contributed by atoms with van der Waals surface area (Å²) < 4.78 is 0. The van der Waals surface area contributed by atoms with Gasteiger partial charge in [-0.1, -0.05) is 12.2 Å². The third-order valence-corrected chi connectivity index (χ3v) is 5.13. The molecule has 1 saturated heterocycles. The van der Waals surface area contributed by atoms with Crippen LogP contribution in [-0.2, 0) is 9.59 Å². The van der Waals surface area contributed by atoms with Gasteiger partial charge in [-0.2, -0.15) is 0 Å². The predicted octanol–water partition coefficient (Wildman–Crippen LogP) is 0.936. The highest BCUT2D eigenvalue weighted by Gasteiger charge is 2.58. The van der Waals surface area contributed by atoms with Gasteiger partial charge in [0.2, 0.25) is 11.8 Å². The van der Waals surface area contributed by atoms with E-state index in [1.54, 1.807) is 0 Å². The minimum Gasteiger partial charge on any atom is -0.314 e. The van der Waals surface area contributed by atoms with E-state index in [0.29, 0.717) is 24.4 Å². The van der Waals surface area contributed by atoms with E-state index in [1.807, 2.05) is 0 Å². The van der Waals surface area contributed by atoms with Crippen molar-refractivity contribution in [3.63, 3.8) is 0 Å². The van der Waals surface area contributed by atoms with Crippen molar-refractivity contribution in [2.75, 3.05) is 13.1 Å². The maximum absolute atomic E-state index is 12.4. The Hall–Kier alpha value is -1.16. The number of hydrogen-bond donors (Lipinski definition) is 1. The highest BCUT2D eigenvalue weighted by Crippen LogP contribution is 2.52. The SMILES string of the molecule is O=C1C2C3C=CC(C3)C2C(=O)N1CCCNC1CC1. The van der Waals surface area contributed by atoms with Gasteiger partial charge in [0.15, 0.2) is 0 Å². The van der Waals surface area contributed by atoms with E-state index in [2.05, 4.69) is 17.5 Å². The van der Waals surface area contributed by atoms with Gasteiger partial charge in [-0.15, -0.1) is 0 Å². The smallest absolute Gasteiger partial charge is 0.233 e. The fraction of sp³-hybridized carbons (Fsp3) is 0.733. The number of carbonyl (C=O) groups is 2. The lowest BCUT2D eigenvalue weighted by atomic mass is 9.85. The number of hydrogen-bond acceptors (Lipinski definition) is 3. The number of fused-ring (bicyclic) bond motifs is 5. The molecule has 102 valence electrons. The van der Waals surface area contributed by atoms with E-state index < -0.39 is 0 Å². The van der Waals surface area contributed by atoms with Crippen LogP contribution in [0.2, 0.25) is 0 Å². The number of nitrogens with one attached hydrogen (secondary N) is 1. The Morgan fingerprint density at radius 2 is 1.74 bits per heavy atom. The topological polar surface area (TPSA) is 49.4 Å². The molecule has 3 fully saturated rings. The minimum absolute atomic E-state index is 0.0288. The van der Waals surface area contributed by atoms with Crippen LogP contribution in [0.15, 0.2) is 12.2 Å². The zero-order chi connectivity index (χ0) is 13.0. The Bertz CT molecular complexity index is 425. The number of nitrogens with zero attached hydrogens (tertiary/aromatic N) is 1. The van der Waals surface area contributed by atoms with Crippen LogP contribution in [0.4, 0.5) is 0 Å². The molecule has 4 aliphatic rings. The van der Waals surface area contributed by atoms with Gasteiger partial charge in [-0.05, 0) is 44.1 Å². The first-order valence-corrected chi connectivity index (χ1v) is 7.52. The molecule has 3 aliphatic carbocycles. The van der Waals surface area contributed by atoms with Gasteiger partial charge in [0.25, 0.3) is 0 Å². The van der Waals surface area contributed by atoms with Gasteiger partial charge in [0, 0.05) is 12.6 Å². The molecule has 0 aromatic rings. The molecule has 4 nitrogen and oxygen atoms in total. The van der Waals surface area contributed by atoms with Gasteiger partial charge >= 0.3 is 0 Å². The maximum Gasteiger partial charge on any atom is 0.233 e. The lowest BCUT2D eigenvalue weighted by molar-refractivity contribution is -0.140. The molecule has 4 rings (SSSR count). The first-order chi connectivity index (χ1) is 9.25. The second-order valence-corrected chi connectivity index (χ2v) is 6.41. The van der Waals surface area contributed by atoms with E-state index in [0.717, 1.165) is 19.4 Å². The molecule has 2 bridgehead atoms. The minimum atomic E-state index is -0.0288. The average Bonchev–Trinajstić information content (AvgIpc) is 2.91. The molecule has 0 aromatic carbocycles. The molecule has 2 amide bonds. The summed E-state index contributed by atoms with van der Waals surface area (Å²) in [5.41, 5.74) is 0. The Kier molecular flexibility index (Phi) is 2.56. The fourth-order valence-corrected chi connectivity index (χ4v) is 4.02. The quantitative estimate of drug-likeness (QED) is 0.454. The normalized spacial score (nSPS) is 39.5. The van der Waals surface area contributed by atoms with Crippen molar-refractivity contribution in [3.05, 3.63) is 12.2 Å². The predicted molar refractivity (Wildman–Crippen MR) is 70.1 cm³/mol. The summed E-state index contributed by atoms with van der Waals surface area (Å²) >= 11 is 0. The zero-order valence-electron chi connectivity index (χ0n) is 11.0. The second-order valence-electron chi connectivity index (χ2n) is 6.41. The van der Waals surface area contributed by atoms with E-state index >= 15 is 0 Å². The monoisotopic (exact) mass is 260 g/mol. The summed E-state index contributed by atoms with van der Waals surface area (Å²) in [5, 5.41) is 3.43. The Morgan fingerprint density at radius 1 is 1.11 bits per heavy atom. The molecule has 2 saturated carbocycles. The van der Waals surface area contributed by atoms with Crippen LogP contribution < -0.4 is 5.32 Å². The Balaban J connectivity index is 1.38. The van der Waals surface area contributed by atoms with Crippen LogP contribution in [0, 0.1) is 23.7 Å². The van der Waals surface area contributed by atoms with E-state index in [4.69, 9.17) is 0 Å². The van der Waals surface area contributed by atoms with Gasteiger partial charge in [-0.3, -0.25) is 14.5 Å². The van der Waals surface area contributed by atoms with Gasteiger partial charge in [0.1, 0.15) is 0 Å². The lowest BCUT2D eigenvalue weighted by Crippen LogP contribution is -2.35. The highest BCUT2D eigenvalue weighted by molar-refractivity contribution is 6.06.